The molecule has 136 valence electrons. The number of nitrogens with zero attached hydrogens (tertiary/aromatic N) is 2. The lowest BCUT2D eigenvalue weighted by atomic mass is 9.95. The quantitative estimate of drug-likeness (QED) is 0.786. The van der Waals surface area contributed by atoms with Crippen molar-refractivity contribution in [3.8, 4) is 0 Å². The first-order valence-corrected chi connectivity index (χ1v) is 9.53. The maximum Gasteiger partial charge on any atom is 0.249 e. The fraction of sp³-hybridized carbons (Fsp3) is 0.571. The summed E-state index contributed by atoms with van der Waals surface area (Å²) in [6.45, 7) is 3.86. The molecule has 0 saturated carbocycles. The summed E-state index contributed by atoms with van der Waals surface area (Å²) in [5.74, 6) is 0.707. The van der Waals surface area contributed by atoms with Crippen molar-refractivity contribution in [1.29, 1.82) is 0 Å². The van der Waals surface area contributed by atoms with Crippen molar-refractivity contribution < 1.29 is 9.18 Å². The molecular formula is C21H29FN2O. The van der Waals surface area contributed by atoms with E-state index < -0.39 is 0 Å². The van der Waals surface area contributed by atoms with Gasteiger partial charge in [0.1, 0.15) is 5.82 Å². The van der Waals surface area contributed by atoms with E-state index in [2.05, 4.69) is 11.0 Å². The van der Waals surface area contributed by atoms with Crippen molar-refractivity contribution in [2.24, 2.45) is 5.92 Å². The summed E-state index contributed by atoms with van der Waals surface area (Å²) in [6, 6.07) is 7.05. The van der Waals surface area contributed by atoms with Gasteiger partial charge in [-0.3, -0.25) is 4.79 Å². The number of allylic oxidation sites excluding steroid dienone is 1. The number of rotatable bonds is 6. The average molecular weight is 344 g/mol. The maximum atomic E-state index is 13.7. The third-order valence-electron chi connectivity index (χ3n) is 5.56. The highest BCUT2D eigenvalue weighted by atomic mass is 19.1. The van der Waals surface area contributed by atoms with E-state index in [9.17, 15) is 9.18 Å². The lowest BCUT2D eigenvalue weighted by molar-refractivity contribution is -0.126. The molecule has 1 aromatic carbocycles. The molecule has 1 heterocycles. The second kappa shape index (κ2) is 8.61. The average Bonchev–Trinajstić information content (AvgIpc) is 3.16. The molecule has 1 fully saturated rings. The molecule has 1 amide bonds. The molecule has 0 bridgehead atoms. The minimum Gasteiger partial charge on any atom is -0.342 e. The fourth-order valence-corrected chi connectivity index (χ4v) is 3.95. The van der Waals surface area contributed by atoms with Crippen molar-refractivity contribution >= 4 is 5.91 Å². The Morgan fingerprint density at radius 2 is 2.04 bits per heavy atom. The highest BCUT2D eigenvalue weighted by Gasteiger charge is 2.24. The molecule has 0 atom stereocenters. The van der Waals surface area contributed by atoms with Crippen LogP contribution in [-0.2, 0) is 11.2 Å². The first kappa shape index (κ1) is 18.1. The zero-order valence-electron chi connectivity index (χ0n) is 15.2. The van der Waals surface area contributed by atoms with Crippen LogP contribution in [0.4, 0.5) is 4.39 Å². The van der Waals surface area contributed by atoms with E-state index in [1.807, 2.05) is 24.1 Å². The first-order valence-electron chi connectivity index (χ1n) is 9.53. The maximum absolute atomic E-state index is 13.7. The normalized spacial score (nSPS) is 19.0. The zero-order valence-corrected chi connectivity index (χ0v) is 15.2. The van der Waals surface area contributed by atoms with E-state index in [4.69, 9.17) is 0 Å². The lowest BCUT2D eigenvalue weighted by Crippen LogP contribution is -2.40. The minimum atomic E-state index is -0.0984. The predicted molar refractivity (Wildman–Crippen MR) is 98.8 cm³/mol. The molecule has 1 aliphatic heterocycles. The molecule has 1 aromatic rings. The number of piperidine rings is 1. The Balaban J connectivity index is 1.39. The number of benzene rings is 1. The summed E-state index contributed by atoms with van der Waals surface area (Å²) in [5, 5.41) is 0. The molecule has 0 spiro atoms. The number of hydrogen-bond acceptors (Lipinski definition) is 2. The van der Waals surface area contributed by atoms with E-state index in [1.165, 1.54) is 6.07 Å². The fourth-order valence-electron chi connectivity index (χ4n) is 3.95. The number of likely N-dealkylation sites (tertiary alicyclic amines) is 1. The Morgan fingerprint density at radius 3 is 2.72 bits per heavy atom. The van der Waals surface area contributed by atoms with E-state index in [-0.39, 0.29) is 11.7 Å². The third kappa shape index (κ3) is 4.91. The van der Waals surface area contributed by atoms with Crippen LogP contribution in [0.5, 0.6) is 0 Å². The summed E-state index contributed by atoms with van der Waals surface area (Å²) in [7, 11) is 1.94. The topological polar surface area (TPSA) is 23.6 Å². The van der Waals surface area contributed by atoms with Gasteiger partial charge in [0, 0.05) is 25.7 Å². The van der Waals surface area contributed by atoms with Crippen molar-refractivity contribution in [2.75, 3.05) is 33.2 Å². The molecule has 25 heavy (non-hydrogen) atoms. The van der Waals surface area contributed by atoms with Gasteiger partial charge in [0.15, 0.2) is 0 Å². The van der Waals surface area contributed by atoms with Gasteiger partial charge < -0.3 is 9.80 Å². The van der Waals surface area contributed by atoms with Gasteiger partial charge in [0.2, 0.25) is 5.91 Å². The predicted octanol–water partition coefficient (Wildman–Crippen LogP) is 3.65. The number of amides is 1. The number of halogens is 1. The summed E-state index contributed by atoms with van der Waals surface area (Å²) in [5.41, 5.74) is 1.81. The first-order chi connectivity index (χ1) is 12.1. The summed E-state index contributed by atoms with van der Waals surface area (Å²) in [6.07, 6.45) is 8.22. The highest BCUT2D eigenvalue weighted by molar-refractivity contribution is 5.93. The number of carbonyl (C=O) groups excluding carboxylic acids is 1. The van der Waals surface area contributed by atoms with Crippen LogP contribution in [0.1, 0.15) is 37.7 Å². The van der Waals surface area contributed by atoms with Gasteiger partial charge in [0.25, 0.3) is 0 Å². The Bertz CT molecular complexity index is 620. The summed E-state index contributed by atoms with van der Waals surface area (Å²) >= 11 is 0. The van der Waals surface area contributed by atoms with Crippen LogP contribution in [0.2, 0.25) is 0 Å². The van der Waals surface area contributed by atoms with Crippen LogP contribution >= 0.6 is 0 Å². The Hall–Kier alpha value is -1.68. The van der Waals surface area contributed by atoms with Gasteiger partial charge in [-0.15, -0.1) is 0 Å². The van der Waals surface area contributed by atoms with Crippen LogP contribution < -0.4 is 0 Å². The molecule has 4 heteroatoms. The number of hydrogen-bond donors (Lipinski definition) is 0. The Kier molecular flexibility index (Phi) is 6.24. The van der Waals surface area contributed by atoms with Gasteiger partial charge >= 0.3 is 0 Å². The van der Waals surface area contributed by atoms with Gasteiger partial charge in [0.05, 0.1) is 0 Å². The van der Waals surface area contributed by atoms with Crippen molar-refractivity contribution in [3.05, 3.63) is 47.3 Å². The molecule has 1 aliphatic carbocycles. The lowest BCUT2D eigenvalue weighted by Gasteiger charge is -2.34. The molecular weight excluding hydrogens is 315 g/mol. The molecule has 3 nitrogen and oxygen atoms in total. The second-order valence-electron chi connectivity index (χ2n) is 7.43. The van der Waals surface area contributed by atoms with Gasteiger partial charge in [-0.1, -0.05) is 24.3 Å². The van der Waals surface area contributed by atoms with Gasteiger partial charge in [-0.05, 0) is 69.2 Å². The van der Waals surface area contributed by atoms with E-state index in [1.54, 1.807) is 6.07 Å². The highest BCUT2D eigenvalue weighted by Crippen LogP contribution is 2.22. The monoisotopic (exact) mass is 344 g/mol. The zero-order chi connectivity index (χ0) is 17.6. The minimum absolute atomic E-state index is 0.0984. The summed E-state index contributed by atoms with van der Waals surface area (Å²) in [4.78, 5) is 16.7. The van der Waals surface area contributed by atoms with Gasteiger partial charge in [-0.2, -0.15) is 0 Å². The van der Waals surface area contributed by atoms with Crippen LogP contribution in [0, 0.1) is 11.7 Å². The van der Waals surface area contributed by atoms with E-state index in [0.29, 0.717) is 5.92 Å². The number of carbonyl (C=O) groups is 1. The van der Waals surface area contributed by atoms with E-state index in [0.717, 1.165) is 75.8 Å². The standard InChI is InChI=1S/C21H29FN2O/c1-23(21(25)19-7-2-3-8-19)16-17-10-13-24(14-11-17)15-12-18-6-4-5-9-20(18)22/h4-7,9,17H,2-3,8,10-16H2,1H3. The van der Waals surface area contributed by atoms with Gasteiger partial charge in [-0.25, -0.2) is 4.39 Å². The van der Waals surface area contributed by atoms with Crippen molar-refractivity contribution in [2.45, 2.75) is 38.5 Å². The van der Waals surface area contributed by atoms with Crippen molar-refractivity contribution in [3.63, 3.8) is 0 Å². The van der Waals surface area contributed by atoms with Crippen LogP contribution in [0.3, 0.4) is 0 Å². The molecule has 3 rings (SSSR count). The Labute approximate surface area is 150 Å². The number of likely N-dealkylation sites (N-methyl/N-ethyl adjacent to an activating group) is 1. The molecule has 0 unspecified atom stereocenters. The van der Waals surface area contributed by atoms with Crippen molar-refractivity contribution in [1.82, 2.24) is 9.80 Å². The molecule has 0 aromatic heterocycles. The van der Waals surface area contributed by atoms with Crippen LogP contribution in [-0.4, -0.2) is 48.9 Å². The second-order valence-corrected chi connectivity index (χ2v) is 7.43. The van der Waals surface area contributed by atoms with Crippen LogP contribution in [0.25, 0.3) is 0 Å². The molecule has 1 saturated heterocycles. The molecule has 2 aliphatic rings. The largest absolute Gasteiger partial charge is 0.342 e. The molecule has 0 N–H and O–H groups in total. The smallest absolute Gasteiger partial charge is 0.249 e. The summed E-state index contributed by atoms with van der Waals surface area (Å²) < 4.78 is 13.7. The van der Waals surface area contributed by atoms with E-state index >= 15 is 0 Å². The third-order valence-corrected chi connectivity index (χ3v) is 5.56. The SMILES string of the molecule is CN(CC1CCN(CCc2ccccc2F)CC1)C(=O)C1=CCCC1. The van der Waals surface area contributed by atoms with Crippen LogP contribution in [0.15, 0.2) is 35.9 Å². The Morgan fingerprint density at radius 1 is 1.28 bits per heavy atom. The molecule has 0 radical (unpaired) electrons.